The van der Waals surface area contributed by atoms with Crippen molar-refractivity contribution < 1.29 is 19.1 Å². The van der Waals surface area contributed by atoms with Crippen molar-refractivity contribution in [1.82, 2.24) is 4.57 Å². The van der Waals surface area contributed by atoms with E-state index in [1.165, 1.54) is 6.08 Å². The number of methoxy groups -OCH3 is 1. The molecule has 0 saturated carbocycles. The number of esters is 1. The third kappa shape index (κ3) is 4.69. The third-order valence-corrected chi connectivity index (χ3v) is 5.01. The molecule has 0 fully saturated rings. The van der Waals surface area contributed by atoms with E-state index in [9.17, 15) is 9.59 Å². The Kier molecular flexibility index (Phi) is 6.52. The molecule has 0 N–H and O–H groups in total. The number of rotatable bonds is 8. The van der Waals surface area contributed by atoms with Crippen LogP contribution in [0.3, 0.4) is 0 Å². The zero-order chi connectivity index (χ0) is 21.7. The normalized spacial score (nSPS) is 11.0. The van der Waals surface area contributed by atoms with Gasteiger partial charge in [-0.1, -0.05) is 24.3 Å². The molecular weight excluding hydrogens is 378 g/mol. The second kappa shape index (κ2) is 9.27. The van der Waals surface area contributed by atoms with Crippen LogP contribution in [0.5, 0.6) is 5.75 Å². The van der Waals surface area contributed by atoms with Crippen LogP contribution in [-0.4, -0.2) is 30.0 Å². The van der Waals surface area contributed by atoms with Crippen molar-refractivity contribution in [2.45, 2.75) is 20.4 Å². The summed E-state index contributed by atoms with van der Waals surface area (Å²) in [5, 5.41) is 2.09. The van der Waals surface area contributed by atoms with Crippen LogP contribution in [0.1, 0.15) is 27.3 Å². The predicted molar refractivity (Wildman–Crippen MR) is 119 cm³/mol. The number of allylic oxidation sites excluding steroid dienone is 1. The molecule has 0 radical (unpaired) electrons. The lowest BCUT2D eigenvalue weighted by Gasteiger charge is -2.06. The number of fused-ring (bicyclic) bond motifs is 1. The van der Waals surface area contributed by atoms with E-state index >= 15 is 0 Å². The maximum atomic E-state index is 12.5. The number of carbonyl (C=O) groups is 2. The van der Waals surface area contributed by atoms with Crippen LogP contribution in [0.4, 0.5) is 0 Å². The van der Waals surface area contributed by atoms with Crippen LogP contribution in [0.2, 0.25) is 0 Å². The van der Waals surface area contributed by atoms with Gasteiger partial charge in [0.05, 0.1) is 7.11 Å². The molecule has 3 rings (SSSR count). The molecule has 154 valence electrons. The van der Waals surface area contributed by atoms with Gasteiger partial charge in [0.1, 0.15) is 5.75 Å². The van der Waals surface area contributed by atoms with E-state index in [-0.39, 0.29) is 12.4 Å². The highest BCUT2D eigenvalue weighted by Gasteiger charge is 2.16. The minimum absolute atomic E-state index is 0.222. The van der Waals surface area contributed by atoms with E-state index in [1.54, 1.807) is 19.3 Å². The number of Topliss-reactive ketones (excluding diaryl/α,β-unsaturated/α-hetero) is 1. The fraction of sp³-hybridized carbons (Fsp3) is 0.200. The Labute approximate surface area is 176 Å². The number of nitrogens with zero attached hydrogens (tertiary/aromatic N) is 1. The van der Waals surface area contributed by atoms with Gasteiger partial charge in [-0.25, -0.2) is 4.79 Å². The third-order valence-electron chi connectivity index (χ3n) is 5.01. The van der Waals surface area contributed by atoms with E-state index in [0.29, 0.717) is 12.1 Å². The molecule has 5 nitrogen and oxygen atoms in total. The first-order valence-electron chi connectivity index (χ1n) is 9.66. The molecule has 0 saturated heterocycles. The minimum Gasteiger partial charge on any atom is -0.497 e. The van der Waals surface area contributed by atoms with Crippen molar-refractivity contribution in [3.63, 3.8) is 0 Å². The summed E-state index contributed by atoms with van der Waals surface area (Å²) >= 11 is 0. The molecule has 30 heavy (non-hydrogen) atoms. The molecule has 2 aromatic carbocycles. The van der Waals surface area contributed by atoms with Gasteiger partial charge < -0.3 is 14.0 Å². The summed E-state index contributed by atoms with van der Waals surface area (Å²) in [5.41, 5.74) is 3.24. The van der Waals surface area contributed by atoms with Gasteiger partial charge in [0, 0.05) is 29.6 Å². The number of ether oxygens (including phenoxy) is 2. The maximum Gasteiger partial charge on any atom is 0.331 e. The van der Waals surface area contributed by atoms with Crippen LogP contribution in [0, 0.1) is 13.8 Å². The Hall–Kier alpha value is -3.60. The summed E-state index contributed by atoms with van der Waals surface area (Å²) in [7, 11) is 1.63. The topological polar surface area (TPSA) is 57.5 Å². The maximum absolute atomic E-state index is 12.5. The van der Waals surface area contributed by atoms with Gasteiger partial charge in [-0.15, -0.1) is 6.58 Å². The van der Waals surface area contributed by atoms with Crippen molar-refractivity contribution >= 4 is 28.6 Å². The van der Waals surface area contributed by atoms with Gasteiger partial charge in [0.25, 0.3) is 0 Å². The largest absolute Gasteiger partial charge is 0.497 e. The Bertz CT molecular complexity index is 1140. The second-order valence-corrected chi connectivity index (χ2v) is 7.02. The van der Waals surface area contributed by atoms with Gasteiger partial charge in [-0.2, -0.15) is 0 Å². The first-order chi connectivity index (χ1) is 14.4. The fourth-order valence-corrected chi connectivity index (χ4v) is 3.39. The molecule has 0 amide bonds. The van der Waals surface area contributed by atoms with Crippen molar-refractivity contribution in [3.05, 3.63) is 83.7 Å². The number of aromatic nitrogens is 1. The molecule has 5 heteroatoms. The molecule has 1 aromatic heterocycles. The average molecular weight is 403 g/mol. The average Bonchev–Trinajstić information content (AvgIpc) is 3.04. The van der Waals surface area contributed by atoms with Gasteiger partial charge in [-0.3, -0.25) is 4.79 Å². The monoisotopic (exact) mass is 403 g/mol. The molecule has 0 bridgehead atoms. The quantitative estimate of drug-likeness (QED) is 0.233. The Morgan fingerprint density at radius 1 is 1.07 bits per heavy atom. The van der Waals surface area contributed by atoms with Gasteiger partial charge in [-0.05, 0) is 60.5 Å². The minimum atomic E-state index is -0.557. The Morgan fingerprint density at radius 2 is 1.80 bits per heavy atom. The summed E-state index contributed by atoms with van der Waals surface area (Å²) < 4.78 is 12.4. The highest BCUT2D eigenvalue weighted by molar-refractivity contribution is 6.00. The lowest BCUT2D eigenvalue weighted by atomic mass is 10.1. The van der Waals surface area contributed by atoms with Crippen molar-refractivity contribution in [2.75, 3.05) is 13.7 Å². The molecule has 0 aliphatic carbocycles. The van der Waals surface area contributed by atoms with E-state index in [0.717, 1.165) is 33.5 Å². The smallest absolute Gasteiger partial charge is 0.331 e. The zero-order valence-electron chi connectivity index (χ0n) is 17.5. The van der Waals surface area contributed by atoms with Gasteiger partial charge in [0.2, 0.25) is 5.78 Å². The molecule has 1 heterocycles. The fourth-order valence-electron chi connectivity index (χ4n) is 3.39. The number of ketones is 1. The number of carbonyl (C=O) groups excluding carboxylic acids is 2. The van der Waals surface area contributed by atoms with E-state index in [2.05, 4.69) is 6.58 Å². The number of hydrogen-bond donors (Lipinski definition) is 0. The molecule has 0 aliphatic heterocycles. The van der Waals surface area contributed by atoms with Gasteiger partial charge >= 0.3 is 5.97 Å². The van der Waals surface area contributed by atoms with Crippen molar-refractivity contribution in [1.29, 1.82) is 0 Å². The molecule has 0 unspecified atom stereocenters. The van der Waals surface area contributed by atoms with Crippen molar-refractivity contribution in [3.8, 4) is 5.75 Å². The molecule has 0 spiro atoms. The van der Waals surface area contributed by atoms with Gasteiger partial charge in [0.15, 0.2) is 6.61 Å². The lowest BCUT2D eigenvalue weighted by molar-refractivity contribution is -0.136. The standard InChI is InChI=1S/C25H25NO4/c1-5-12-26-17(2)13-23(18(26)3)24(27)16-30-25(28)11-7-19-6-8-21-15-22(29-4)10-9-20(21)14-19/h5-11,13-15H,1,12,16H2,2-4H3/b11-7+. The van der Waals surface area contributed by atoms with E-state index in [1.807, 2.05) is 60.9 Å². The predicted octanol–water partition coefficient (Wildman–Crippen LogP) is 4.89. The molecule has 0 aliphatic rings. The number of benzene rings is 2. The highest BCUT2D eigenvalue weighted by Crippen LogP contribution is 2.22. The zero-order valence-corrected chi connectivity index (χ0v) is 17.5. The molecular formula is C25H25NO4. The molecule has 3 aromatic rings. The number of hydrogen-bond acceptors (Lipinski definition) is 4. The van der Waals surface area contributed by atoms with Crippen LogP contribution in [-0.2, 0) is 16.1 Å². The summed E-state index contributed by atoms with van der Waals surface area (Å²) in [6, 6.07) is 13.5. The second-order valence-electron chi connectivity index (χ2n) is 7.02. The van der Waals surface area contributed by atoms with Crippen LogP contribution < -0.4 is 4.74 Å². The summed E-state index contributed by atoms with van der Waals surface area (Å²) in [6.45, 7) is 7.88. The van der Waals surface area contributed by atoms with E-state index < -0.39 is 5.97 Å². The highest BCUT2D eigenvalue weighted by atomic mass is 16.5. The number of aryl methyl sites for hydroxylation is 1. The SMILES string of the molecule is C=CCn1c(C)cc(C(=O)COC(=O)/C=C/c2ccc3cc(OC)ccc3c2)c1C. The Morgan fingerprint density at radius 3 is 2.53 bits per heavy atom. The summed E-state index contributed by atoms with van der Waals surface area (Å²) in [5.74, 6) is 0.0159. The van der Waals surface area contributed by atoms with Crippen molar-refractivity contribution in [2.24, 2.45) is 0 Å². The van der Waals surface area contributed by atoms with Crippen LogP contribution in [0.15, 0.2) is 61.2 Å². The first kappa shape index (κ1) is 21.1. The summed E-state index contributed by atoms with van der Waals surface area (Å²) in [6.07, 6.45) is 4.79. The van der Waals surface area contributed by atoms with Crippen LogP contribution >= 0.6 is 0 Å². The van der Waals surface area contributed by atoms with E-state index in [4.69, 9.17) is 9.47 Å². The Balaban J connectivity index is 1.62. The molecule has 0 atom stereocenters. The first-order valence-corrected chi connectivity index (χ1v) is 9.66. The van der Waals surface area contributed by atoms with Crippen LogP contribution in [0.25, 0.3) is 16.8 Å². The lowest BCUT2D eigenvalue weighted by Crippen LogP contribution is -2.13. The summed E-state index contributed by atoms with van der Waals surface area (Å²) in [4.78, 5) is 24.5.